The summed E-state index contributed by atoms with van der Waals surface area (Å²) < 4.78 is 18.4. The Kier molecular flexibility index (Phi) is 3.22. The van der Waals surface area contributed by atoms with Gasteiger partial charge in [-0.15, -0.1) is 0 Å². The van der Waals surface area contributed by atoms with E-state index in [1.807, 2.05) is 38.1 Å². The Bertz CT molecular complexity index is 791. The monoisotopic (exact) mass is 282 g/mol. The van der Waals surface area contributed by atoms with E-state index in [0.29, 0.717) is 5.69 Å². The molecule has 0 radical (unpaired) electrons. The minimum absolute atomic E-state index is 0.262. The molecule has 21 heavy (non-hydrogen) atoms. The van der Waals surface area contributed by atoms with Gasteiger partial charge < -0.3 is 10.3 Å². The second-order valence-electron chi connectivity index (χ2n) is 5.10. The first-order valence-electron chi connectivity index (χ1n) is 6.65. The zero-order chi connectivity index (χ0) is 15.0. The Morgan fingerprint density at radius 2 is 1.76 bits per heavy atom. The zero-order valence-electron chi connectivity index (χ0n) is 11.9. The van der Waals surface area contributed by atoms with Crippen molar-refractivity contribution < 1.29 is 8.91 Å². The van der Waals surface area contributed by atoms with E-state index in [9.17, 15) is 4.39 Å². The molecular weight excluding hydrogens is 267 g/mol. The van der Waals surface area contributed by atoms with Crippen LogP contribution < -0.4 is 5.73 Å². The average molecular weight is 282 g/mol. The predicted octanol–water partition coefficient (Wildman–Crippen LogP) is 4.35. The summed E-state index contributed by atoms with van der Waals surface area (Å²) in [6.07, 6.45) is 0. The molecule has 0 fully saturated rings. The molecule has 0 atom stereocenters. The van der Waals surface area contributed by atoms with Gasteiger partial charge in [0.1, 0.15) is 11.5 Å². The highest BCUT2D eigenvalue weighted by molar-refractivity contribution is 5.87. The number of nitrogens with zero attached hydrogens (tertiary/aromatic N) is 1. The number of nitrogens with two attached hydrogens (primary N) is 1. The van der Waals surface area contributed by atoms with Gasteiger partial charge in [0.05, 0.1) is 5.56 Å². The number of rotatable bonds is 2. The SMILES string of the molecule is Cc1ccc(-c2c(-c3ccc(F)cc3C)noc2N)cc1. The van der Waals surface area contributed by atoms with Crippen LogP contribution in [0.3, 0.4) is 0 Å². The van der Waals surface area contributed by atoms with Crippen molar-refractivity contribution in [2.75, 3.05) is 5.73 Å². The third-order valence-electron chi connectivity index (χ3n) is 3.50. The van der Waals surface area contributed by atoms with E-state index >= 15 is 0 Å². The number of hydrogen-bond acceptors (Lipinski definition) is 3. The molecular formula is C17H15FN2O. The molecule has 3 rings (SSSR count). The van der Waals surface area contributed by atoms with Crippen LogP contribution in [0.5, 0.6) is 0 Å². The topological polar surface area (TPSA) is 52.0 Å². The van der Waals surface area contributed by atoms with Gasteiger partial charge in [-0.25, -0.2) is 4.39 Å². The standard InChI is InChI=1S/C17H15FN2O/c1-10-3-5-12(6-4-10)15-16(20-21-17(15)19)14-8-7-13(18)9-11(14)2/h3-9H,19H2,1-2H3. The Hall–Kier alpha value is -2.62. The number of halogens is 1. The van der Waals surface area contributed by atoms with Gasteiger partial charge in [0.2, 0.25) is 5.88 Å². The lowest BCUT2D eigenvalue weighted by Gasteiger charge is -2.06. The van der Waals surface area contributed by atoms with Gasteiger partial charge in [0.15, 0.2) is 0 Å². The maximum Gasteiger partial charge on any atom is 0.230 e. The largest absolute Gasteiger partial charge is 0.367 e. The second-order valence-corrected chi connectivity index (χ2v) is 5.10. The lowest BCUT2D eigenvalue weighted by molar-refractivity contribution is 0.439. The van der Waals surface area contributed by atoms with Crippen LogP contribution in [0, 0.1) is 19.7 Å². The minimum atomic E-state index is -0.274. The molecule has 3 aromatic rings. The smallest absolute Gasteiger partial charge is 0.230 e. The summed E-state index contributed by atoms with van der Waals surface area (Å²) in [6.45, 7) is 3.86. The van der Waals surface area contributed by atoms with E-state index < -0.39 is 0 Å². The number of aromatic nitrogens is 1. The Labute approximate surface area is 122 Å². The molecule has 0 saturated carbocycles. The molecule has 1 aromatic heterocycles. The van der Waals surface area contributed by atoms with Gasteiger partial charge in [0.25, 0.3) is 0 Å². The normalized spacial score (nSPS) is 10.8. The summed E-state index contributed by atoms with van der Waals surface area (Å²) in [4.78, 5) is 0. The molecule has 1 heterocycles. The minimum Gasteiger partial charge on any atom is -0.367 e. The molecule has 3 nitrogen and oxygen atoms in total. The van der Waals surface area contributed by atoms with Gasteiger partial charge in [-0.05, 0) is 43.2 Å². The Morgan fingerprint density at radius 1 is 1.05 bits per heavy atom. The molecule has 0 saturated heterocycles. The fourth-order valence-electron chi connectivity index (χ4n) is 2.38. The quantitative estimate of drug-likeness (QED) is 0.760. The van der Waals surface area contributed by atoms with Crippen molar-refractivity contribution in [2.45, 2.75) is 13.8 Å². The molecule has 0 aliphatic heterocycles. The number of aryl methyl sites for hydroxylation is 2. The van der Waals surface area contributed by atoms with Crippen LogP contribution in [0.25, 0.3) is 22.4 Å². The van der Waals surface area contributed by atoms with E-state index in [-0.39, 0.29) is 11.7 Å². The van der Waals surface area contributed by atoms with Crippen LogP contribution >= 0.6 is 0 Å². The highest BCUT2D eigenvalue weighted by Crippen LogP contribution is 2.37. The van der Waals surface area contributed by atoms with Crippen molar-refractivity contribution in [3.63, 3.8) is 0 Å². The molecule has 106 valence electrons. The molecule has 0 bridgehead atoms. The van der Waals surface area contributed by atoms with Gasteiger partial charge >= 0.3 is 0 Å². The molecule has 0 aliphatic rings. The van der Waals surface area contributed by atoms with Gasteiger partial charge in [-0.3, -0.25) is 0 Å². The van der Waals surface area contributed by atoms with Gasteiger partial charge in [-0.1, -0.05) is 35.0 Å². The maximum atomic E-state index is 13.3. The Balaban J connectivity index is 2.19. The summed E-state index contributed by atoms with van der Waals surface area (Å²) in [5, 5.41) is 4.05. The average Bonchev–Trinajstić information content (AvgIpc) is 2.82. The van der Waals surface area contributed by atoms with Crippen LogP contribution in [0.1, 0.15) is 11.1 Å². The van der Waals surface area contributed by atoms with E-state index in [2.05, 4.69) is 5.16 Å². The fourth-order valence-corrected chi connectivity index (χ4v) is 2.38. The highest BCUT2D eigenvalue weighted by Gasteiger charge is 2.18. The van der Waals surface area contributed by atoms with Crippen molar-refractivity contribution in [3.05, 3.63) is 59.4 Å². The van der Waals surface area contributed by atoms with E-state index in [1.165, 1.54) is 12.1 Å². The third kappa shape index (κ3) is 2.40. The van der Waals surface area contributed by atoms with Crippen molar-refractivity contribution in [3.8, 4) is 22.4 Å². The van der Waals surface area contributed by atoms with Gasteiger partial charge in [0, 0.05) is 5.56 Å². The second kappa shape index (κ2) is 5.05. The lowest BCUT2D eigenvalue weighted by atomic mass is 9.97. The van der Waals surface area contributed by atoms with Crippen molar-refractivity contribution >= 4 is 5.88 Å². The van der Waals surface area contributed by atoms with Crippen LogP contribution in [-0.4, -0.2) is 5.16 Å². The Morgan fingerprint density at radius 3 is 2.43 bits per heavy atom. The molecule has 2 N–H and O–H groups in total. The number of anilines is 1. The summed E-state index contributed by atoms with van der Waals surface area (Å²) >= 11 is 0. The van der Waals surface area contributed by atoms with Crippen LogP contribution in [-0.2, 0) is 0 Å². The number of nitrogen functional groups attached to an aromatic ring is 1. The van der Waals surface area contributed by atoms with Crippen LogP contribution in [0.15, 0.2) is 47.0 Å². The summed E-state index contributed by atoms with van der Waals surface area (Å²) in [7, 11) is 0. The first-order chi connectivity index (χ1) is 10.1. The zero-order valence-corrected chi connectivity index (χ0v) is 11.9. The fraction of sp³-hybridized carbons (Fsp3) is 0.118. The molecule has 4 heteroatoms. The summed E-state index contributed by atoms with van der Waals surface area (Å²) in [5.74, 6) is -0.0119. The molecule has 0 amide bonds. The number of hydrogen-bond donors (Lipinski definition) is 1. The first kappa shape index (κ1) is 13.4. The van der Waals surface area contributed by atoms with Crippen molar-refractivity contribution in [2.24, 2.45) is 0 Å². The molecule has 0 aliphatic carbocycles. The lowest BCUT2D eigenvalue weighted by Crippen LogP contribution is -1.90. The highest BCUT2D eigenvalue weighted by atomic mass is 19.1. The summed E-state index contributed by atoms with van der Waals surface area (Å²) in [5.41, 5.74) is 11.0. The summed E-state index contributed by atoms with van der Waals surface area (Å²) in [6, 6.07) is 12.5. The van der Waals surface area contributed by atoms with Crippen molar-refractivity contribution in [1.82, 2.24) is 5.16 Å². The van der Waals surface area contributed by atoms with E-state index in [4.69, 9.17) is 10.3 Å². The third-order valence-corrected chi connectivity index (χ3v) is 3.50. The predicted molar refractivity (Wildman–Crippen MR) is 81.2 cm³/mol. The van der Waals surface area contributed by atoms with Gasteiger partial charge in [-0.2, -0.15) is 0 Å². The molecule has 0 spiro atoms. The molecule has 2 aromatic carbocycles. The number of benzene rings is 2. The van der Waals surface area contributed by atoms with Crippen molar-refractivity contribution in [1.29, 1.82) is 0 Å². The maximum absolute atomic E-state index is 13.3. The van der Waals surface area contributed by atoms with E-state index in [1.54, 1.807) is 6.07 Å². The first-order valence-corrected chi connectivity index (χ1v) is 6.65. The molecule has 0 unspecified atom stereocenters. The van der Waals surface area contributed by atoms with E-state index in [0.717, 1.165) is 27.8 Å². The van der Waals surface area contributed by atoms with Crippen LogP contribution in [0.2, 0.25) is 0 Å². The van der Waals surface area contributed by atoms with Crippen LogP contribution in [0.4, 0.5) is 10.3 Å².